The average Bonchev–Trinajstić information content (AvgIpc) is 2.68. The maximum atomic E-state index is 13.5. The molecule has 0 spiro atoms. The molecule has 0 fully saturated rings. The quantitative estimate of drug-likeness (QED) is 0.469. The number of anilines is 1. The Hall–Kier alpha value is -3.40. The number of aryl methyl sites for hydroxylation is 2. The first-order valence-corrected chi connectivity index (χ1v) is 9.19. The molecule has 3 aromatic carbocycles. The second kappa shape index (κ2) is 7.31. The highest BCUT2D eigenvalue weighted by molar-refractivity contribution is 5.86. The van der Waals surface area contributed by atoms with Crippen molar-refractivity contribution in [3.8, 4) is 5.75 Å². The Morgan fingerprint density at radius 1 is 0.929 bits per heavy atom. The van der Waals surface area contributed by atoms with Crippen molar-refractivity contribution < 1.29 is 9.50 Å². The first kappa shape index (κ1) is 18.0. The minimum atomic E-state index is -0.353. The molecule has 1 heterocycles. The lowest BCUT2D eigenvalue weighted by atomic mass is 9.95. The van der Waals surface area contributed by atoms with Gasteiger partial charge in [0.2, 0.25) is 0 Å². The van der Waals surface area contributed by atoms with E-state index in [1.807, 2.05) is 62.4 Å². The van der Waals surface area contributed by atoms with Gasteiger partial charge in [-0.3, -0.25) is 0 Å². The Morgan fingerprint density at radius 3 is 2.43 bits per heavy atom. The predicted molar refractivity (Wildman–Crippen MR) is 111 cm³/mol. The Bertz CT molecular complexity index is 1140. The molecule has 2 N–H and O–H groups in total. The topological polar surface area (TPSA) is 45.2 Å². The van der Waals surface area contributed by atoms with Crippen molar-refractivity contribution in [2.24, 2.45) is 0 Å². The number of benzene rings is 3. The van der Waals surface area contributed by atoms with Gasteiger partial charge in [0, 0.05) is 22.3 Å². The fraction of sp³-hybridized carbons (Fsp3) is 0.125. The highest BCUT2D eigenvalue weighted by Crippen LogP contribution is 2.36. The van der Waals surface area contributed by atoms with E-state index in [1.54, 1.807) is 12.1 Å². The largest absolute Gasteiger partial charge is 0.505 e. The zero-order valence-electron chi connectivity index (χ0n) is 15.8. The lowest BCUT2D eigenvalue weighted by Crippen LogP contribution is -2.13. The number of pyridine rings is 1. The molecule has 0 aliphatic heterocycles. The number of nitrogens with zero attached hydrogens (tertiary/aromatic N) is 1. The summed E-state index contributed by atoms with van der Waals surface area (Å²) >= 11 is 0. The van der Waals surface area contributed by atoms with E-state index in [1.165, 1.54) is 12.1 Å². The van der Waals surface area contributed by atoms with Crippen LogP contribution >= 0.6 is 0 Å². The van der Waals surface area contributed by atoms with E-state index in [9.17, 15) is 9.50 Å². The molecule has 3 nitrogen and oxygen atoms in total. The van der Waals surface area contributed by atoms with Gasteiger partial charge in [0.1, 0.15) is 17.1 Å². The van der Waals surface area contributed by atoms with Crippen molar-refractivity contribution in [3.05, 3.63) is 101 Å². The zero-order chi connectivity index (χ0) is 19.7. The number of phenols is 1. The standard InChI is InChI=1S/C24H21FN2O/c1-15-4-3-5-20(14-15)27-22(17-8-11-19(25)12-9-17)21-13-10-18-7-6-16(2)26-23(18)24(21)28/h3-14,22,27-28H,1-2H3. The van der Waals surface area contributed by atoms with Crippen molar-refractivity contribution >= 4 is 16.6 Å². The lowest BCUT2D eigenvalue weighted by molar-refractivity contribution is 0.471. The molecular weight excluding hydrogens is 351 g/mol. The van der Waals surface area contributed by atoms with Crippen LogP contribution in [0.1, 0.15) is 28.4 Å². The van der Waals surface area contributed by atoms with E-state index >= 15 is 0 Å². The summed E-state index contributed by atoms with van der Waals surface area (Å²) in [5.74, 6) is -0.159. The summed E-state index contributed by atoms with van der Waals surface area (Å²) in [6, 6.07) is 21.7. The minimum absolute atomic E-state index is 0.135. The number of nitrogens with one attached hydrogen (secondary N) is 1. The van der Waals surface area contributed by atoms with Crippen LogP contribution < -0.4 is 5.32 Å². The van der Waals surface area contributed by atoms with E-state index in [2.05, 4.69) is 10.3 Å². The summed E-state index contributed by atoms with van der Waals surface area (Å²) < 4.78 is 13.5. The van der Waals surface area contributed by atoms with E-state index in [4.69, 9.17) is 0 Å². The molecule has 1 aromatic heterocycles. The average molecular weight is 372 g/mol. The maximum Gasteiger partial charge on any atom is 0.147 e. The molecule has 0 aliphatic carbocycles. The molecular formula is C24H21FN2O. The number of rotatable bonds is 4. The SMILES string of the molecule is Cc1cccc(NC(c2ccc(F)cc2)c2ccc3ccc(C)nc3c2O)c1. The molecule has 4 heteroatoms. The predicted octanol–water partition coefficient (Wildman–Crippen LogP) is 5.90. The molecule has 0 bridgehead atoms. The second-order valence-electron chi connectivity index (χ2n) is 7.03. The number of halogens is 1. The molecule has 0 saturated carbocycles. The normalized spacial score (nSPS) is 12.1. The number of aromatic hydroxyl groups is 1. The van der Waals surface area contributed by atoms with Gasteiger partial charge in [0.15, 0.2) is 0 Å². The van der Waals surface area contributed by atoms with E-state index in [0.717, 1.165) is 27.9 Å². The van der Waals surface area contributed by atoms with Gasteiger partial charge in [-0.2, -0.15) is 0 Å². The number of fused-ring (bicyclic) bond motifs is 1. The van der Waals surface area contributed by atoms with Crippen molar-refractivity contribution in [3.63, 3.8) is 0 Å². The molecule has 4 aromatic rings. The number of aromatic nitrogens is 1. The Morgan fingerprint density at radius 2 is 1.68 bits per heavy atom. The molecule has 140 valence electrons. The first-order valence-electron chi connectivity index (χ1n) is 9.19. The lowest BCUT2D eigenvalue weighted by Gasteiger charge is -2.23. The number of hydrogen-bond acceptors (Lipinski definition) is 3. The van der Waals surface area contributed by atoms with E-state index in [0.29, 0.717) is 11.1 Å². The number of phenolic OH excluding ortho intramolecular Hbond substituents is 1. The smallest absolute Gasteiger partial charge is 0.147 e. The van der Waals surface area contributed by atoms with Crippen LogP contribution in [0.25, 0.3) is 10.9 Å². The van der Waals surface area contributed by atoms with Crippen LogP contribution in [0.15, 0.2) is 72.8 Å². The zero-order valence-corrected chi connectivity index (χ0v) is 15.8. The second-order valence-corrected chi connectivity index (χ2v) is 7.03. The van der Waals surface area contributed by atoms with E-state index < -0.39 is 0 Å². The summed E-state index contributed by atoms with van der Waals surface area (Å²) in [6.07, 6.45) is 0. The summed E-state index contributed by atoms with van der Waals surface area (Å²) in [7, 11) is 0. The molecule has 0 aliphatic rings. The third-order valence-electron chi connectivity index (χ3n) is 4.85. The van der Waals surface area contributed by atoms with Crippen LogP contribution in [0.3, 0.4) is 0 Å². The van der Waals surface area contributed by atoms with Crippen LogP contribution in [-0.2, 0) is 0 Å². The molecule has 28 heavy (non-hydrogen) atoms. The van der Waals surface area contributed by atoms with Crippen molar-refractivity contribution in [2.75, 3.05) is 5.32 Å². The van der Waals surface area contributed by atoms with Crippen LogP contribution in [0.5, 0.6) is 5.75 Å². The Kier molecular flexibility index (Phi) is 4.70. The Labute approximate surface area is 163 Å². The van der Waals surface area contributed by atoms with Crippen LogP contribution in [0.4, 0.5) is 10.1 Å². The van der Waals surface area contributed by atoms with Gasteiger partial charge in [0.05, 0.1) is 6.04 Å². The first-order chi connectivity index (χ1) is 13.5. The highest BCUT2D eigenvalue weighted by atomic mass is 19.1. The highest BCUT2D eigenvalue weighted by Gasteiger charge is 2.20. The van der Waals surface area contributed by atoms with Crippen LogP contribution in [0, 0.1) is 19.7 Å². The molecule has 0 saturated heterocycles. The Balaban J connectivity index is 1.86. The van der Waals surface area contributed by atoms with Gasteiger partial charge < -0.3 is 10.4 Å². The summed E-state index contributed by atoms with van der Waals surface area (Å²) in [5, 5.41) is 15.4. The van der Waals surface area contributed by atoms with Crippen molar-refractivity contribution in [1.29, 1.82) is 0 Å². The van der Waals surface area contributed by atoms with Gasteiger partial charge in [-0.25, -0.2) is 9.37 Å². The van der Waals surface area contributed by atoms with Gasteiger partial charge in [0.25, 0.3) is 0 Å². The fourth-order valence-electron chi connectivity index (χ4n) is 3.42. The van der Waals surface area contributed by atoms with E-state index in [-0.39, 0.29) is 17.6 Å². The van der Waals surface area contributed by atoms with Gasteiger partial charge in [-0.15, -0.1) is 0 Å². The van der Waals surface area contributed by atoms with Crippen molar-refractivity contribution in [2.45, 2.75) is 19.9 Å². The van der Waals surface area contributed by atoms with Crippen LogP contribution in [-0.4, -0.2) is 10.1 Å². The fourth-order valence-corrected chi connectivity index (χ4v) is 3.42. The maximum absolute atomic E-state index is 13.5. The molecule has 4 rings (SSSR count). The summed E-state index contributed by atoms with van der Waals surface area (Å²) in [5.41, 5.74) is 5.00. The third kappa shape index (κ3) is 3.54. The molecule has 0 amide bonds. The van der Waals surface area contributed by atoms with Gasteiger partial charge in [-0.05, 0) is 55.3 Å². The van der Waals surface area contributed by atoms with Gasteiger partial charge in [-0.1, -0.05) is 42.5 Å². The number of hydrogen-bond donors (Lipinski definition) is 2. The molecule has 1 atom stereocenters. The summed E-state index contributed by atoms with van der Waals surface area (Å²) in [6.45, 7) is 3.92. The molecule has 1 unspecified atom stereocenters. The monoisotopic (exact) mass is 372 g/mol. The minimum Gasteiger partial charge on any atom is -0.505 e. The van der Waals surface area contributed by atoms with Crippen molar-refractivity contribution in [1.82, 2.24) is 4.98 Å². The van der Waals surface area contributed by atoms with Gasteiger partial charge >= 0.3 is 0 Å². The third-order valence-corrected chi connectivity index (χ3v) is 4.85. The van der Waals surface area contributed by atoms with Crippen LogP contribution in [0.2, 0.25) is 0 Å². The summed E-state index contributed by atoms with van der Waals surface area (Å²) in [4.78, 5) is 4.51. The molecule has 0 radical (unpaired) electrons.